The van der Waals surface area contributed by atoms with Crippen LogP contribution in [0.15, 0.2) is 42.7 Å². The van der Waals surface area contributed by atoms with Gasteiger partial charge in [-0.3, -0.25) is 9.88 Å². The van der Waals surface area contributed by atoms with Crippen molar-refractivity contribution in [1.82, 2.24) is 9.88 Å². The number of nitrogens with zero attached hydrogens (tertiary/aromatic N) is 3. The van der Waals surface area contributed by atoms with Gasteiger partial charge in [-0.15, -0.1) is 0 Å². The molecule has 1 aliphatic rings. The van der Waals surface area contributed by atoms with Crippen molar-refractivity contribution in [2.24, 2.45) is 0 Å². The minimum atomic E-state index is 0.505. The van der Waals surface area contributed by atoms with E-state index in [0.717, 1.165) is 42.3 Å². The molecule has 23 heavy (non-hydrogen) atoms. The number of hydrogen-bond acceptors (Lipinski definition) is 5. The number of benzene rings is 1. The van der Waals surface area contributed by atoms with Crippen molar-refractivity contribution >= 4 is 0 Å². The van der Waals surface area contributed by atoms with E-state index in [9.17, 15) is 0 Å². The summed E-state index contributed by atoms with van der Waals surface area (Å²) in [4.78, 5) is 6.40. The summed E-state index contributed by atoms with van der Waals surface area (Å²) in [6.45, 7) is 3.43. The molecule has 118 valence electrons. The fourth-order valence-electron chi connectivity index (χ4n) is 2.62. The smallest absolute Gasteiger partial charge is 0.161 e. The van der Waals surface area contributed by atoms with Gasteiger partial charge in [0.1, 0.15) is 13.2 Å². The second-order valence-electron chi connectivity index (χ2n) is 5.46. The minimum Gasteiger partial charge on any atom is -0.486 e. The van der Waals surface area contributed by atoms with Crippen molar-refractivity contribution in [1.29, 1.82) is 5.26 Å². The Balaban J connectivity index is 1.71. The van der Waals surface area contributed by atoms with Gasteiger partial charge in [0.05, 0.1) is 6.07 Å². The van der Waals surface area contributed by atoms with Crippen molar-refractivity contribution < 1.29 is 9.47 Å². The van der Waals surface area contributed by atoms with Gasteiger partial charge in [0.25, 0.3) is 0 Å². The summed E-state index contributed by atoms with van der Waals surface area (Å²) in [5.41, 5.74) is 2.29. The Kier molecular flexibility index (Phi) is 5.07. The predicted molar refractivity (Wildman–Crippen MR) is 86.0 cm³/mol. The lowest BCUT2D eigenvalue weighted by Crippen LogP contribution is -2.24. The van der Waals surface area contributed by atoms with Crippen molar-refractivity contribution in [3.05, 3.63) is 53.9 Å². The number of ether oxygens (including phenoxy) is 2. The van der Waals surface area contributed by atoms with Gasteiger partial charge < -0.3 is 9.47 Å². The normalized spacial score (nSPS) is 12.9. The van der Waals surface area contributed by atoms with Crippen LogP contribution < -0.4 is 9.47 Å². The second kappa shape index (κ2) is 7.61. The van der Waals surface area contributed by atoms with Gasteiger partial charge in [-0.2, -0.15) is 5.26 Å². The van der Waals surface area contributed by atoms with E-state index in [4.69, 9.17) is 14.7 Å². The summed E-state index contributed by atoms with van der Waals surface area (Å²) in [6.07, 6.45) is 4.14. The quantitative estimate of drug-likeness (QED) is 0.821. The Hall–Kier alpha value is -2.58. The lowest BCUT2D eigenvalue weighted by molar-refractivity contribution is 0.171. The molecule has 1 aliphatic heterocycles. The zero-order chi connectivity index (χ0) is 15.9. The zero-order valence-corrected chi connectivity index (χ0v) is 12.9. The van der Waals surface area contributed by atoms with Crippen LogP contribution in [-0.2, 0) is 13.1 Å². The van der Waals surface area contributed by atoms with E-state index in [2.05, 4.69) is 28.1 Å². The van der Waals surface area contributed by atoms with Crippen molar-refractivity contribution in [2.75, 3.05) is 19.8 Å². The monoisotopic (exact) mass is 309 g/mol. The molecule has 0 aliphatic carbocycles. The van der Waals surface area contributed by atoms with Crippen LogP contribution >= 0.6 is 0 Å². The number of rotatable bonds is 6. The first-order valence-corrected chi connectivity index (χ1v) is 7.72. The lowest BCUT2D eigenvalue weighted by Gasteiger charge is -2.23. The van der Waals surface area contributed by atoms with Crippen LogP contribution in [0.25, 0.3) is 0 Å². The second-order valence-corrected chi connectivity index (χ2v) is 5.46. The van der Waals surface area contributed by atoms with E-state index in [0.29, 0.717) is 19.6 Å². The van der Waals surface area contributed by atoms with Crippen LogP contribution in [0.1, 0.15) is 17.5 Å². The van der Waals surface area contributed by atoms with Crippen LogP contribution in [-0.4, -0.2) is 29.6 Å². The highest BCUT2D eigenvalue weighted by molar-refractivity contribution is 5.43. The van der Waals surface area contributed by atoms with E-state index in [1.807, 2.05) is 24.4 Å². The molecule has 1 aromatic heterocycles. The summed E-state index contributed by atoms with van der Waals surface area (Å²) >= 11 is 0. The van der Waals surface area contributed by atoms with Gasteiger partial charge in [0, 0.05) is 38.4 Å². The van der Waals surface area contributed by atoms with E-state index >= 15 is 0 Å². The number of hydrogen-bond donors (Lipinski definition) is 0. The van der Waals surface area contributed by atoms with E-state index in [-0.39, 0.29) is 0 Å². The molecule has 3 rings (SSSR count). The van der Waals surface area contributed by atoms with Gasteiger partial charge in [0.15, 0.2) is 11.5 Å². The number of nitriles is 1. The third-order valence-electron chi connectivity index (χ3n) is 3.68. The molecule has 0 unspecified atom stereocenters. The Bertz CT molecular complexity index is 682. The average Bonchev–Trinajstić information content (AvgIpc) is 2.60. The molecule has 0 radical (unpaired) electrons. The highest BCUT2D eigenvalue weighted by Gasteiger charge is 2.13. The first-order chi connectivity index (χ1) is 11.3. The number of aromatic nitrogens is 1. The molecule has 0 bridgehead atoms. The summed E-state index contributed by atoms with van der Waals surface area (Å²) < 4.78 is 11.2. The SMILES string of the molecule is N#CCCN(Cc1cccnc1)Cc1ccc2c(c1)OCCO2. The molecule has 0 spiro atoms. The zero-order valence-electron chi connectivity index (χ0n) is 12.9. The summed E-state index contributed by atoms with van der Waals surface area (Å²) in [5.74, 6) is 1.60. The molecule has 0 amide bonds. The summed E-state index contributed by atoms with van der Waals surface area (Å²) in [7, 11) is 0. The summed E-state index contributed by atoms with van der Waals surface area (Å²) in [5, 5.41) is 8.88. The van der Waals surface area contributed by atoms with Gasteiger partial charge >= 0.3 is 0 Å². The summed E-state index contributed by atoms with van der Waals surface area (Å²) in [6, 6.07) is 12.2. The maximum Gasteiger partial charge on any atom is 0.161 e. The van der Waals surface area contributed by atoms with E-state index in [1.165, 1.54) is 0 Å². The van der Waals surface area contributed by atoms with E-state index < -0.39 is 0 Å². The topological polar surface area (TPSA) is 58.4 Å². The Morgan fingerprint density at radius 2 is 1.91 bits per heavy atom. The van der Waals surface area contributed by atoms with Crippen LogP contribution in [0, 0.1) is 11.3 Å². The molecule has 5 nitrogen and oxygen atoms in total. The Labute approximate surface area is 136 Å². The maximum absolute atomic E-state index is 8.88. The third kappa shape index (κ3) is 4.21. The highest BCUT2D eigenvalue weighted by Crippen LogP contribution is 2.31. The molecule has 0 N–H and O–H groups in total. The highest BCUT2D eigenvalue weighted by atomic mass is 16.6. The molecule has 5 heteroatoms. The lowest BCUT2D eigenvalue weighted by atomic mass is 10.1. The standard InChI is InChI=1S/C18H19N3O2/c19-6-2-8-21(14-16-3-1-7-20-12-16)13-15-4-5-17-18(11-15)23-10-9-22-17/h1,3-5,7,11-12H,2,8-10,13-14H2. The largest absolute Gasteiger partial charge is 0.486 e. The number of fused-ring (bicyclic) bond motifs is 1. The molecule has 0 saturated carbocycles. The van der Waals surface area contributed by atoms with Crippen LogP contribution in [0.4, 0.5) is 0 Å². The predicted octanol–water partition coefficient (Wildman–Crippen LogP) is 2.77. The van der Waals surface area contributed by atoms with Gasteiger partial charge in [0.2, 0.25) is 0 Å². The van der Waals surface area contributed by atoms with E-state index in [1.54, 1.807) is 6.20 Å². The molecular weight excluding hydrogens is 290 g/mol. The first kappa shape index (κ1) is 15.3. The van der Waals surface area contributed by atoms with Crippen LogP contribution in [0.5, 0.6) is 11.5 Å². The van der Waals surface area contributed by atoms with Crippen molar-refractivity contribution in [3.63, 3.8) is 0 Å². The molecule has 0 saturated heterocycles. The molecule has 2 heterocycles. The molecule has 1 aromatic carbocycles. The Morgan fingerprint density at radius 1 is 1.09 bits per heavy atom. The molecule has 0 atom stereocenters. The molecular formula is C18H19N3O2. The average molecular weight is 309 g/mol. The van der Waals surface area contributed by atoms with Crippen LogP contribution in [0.2, 0.25) is 0 Å². The van der Waals surface area contributed by atoms with Crippen LogP contribution in [0.3, 0.4) is 0 Å². The van der Waals surface area contributed by atoms with Gasteiger partial charge in [-0.25, -0.2) is 0 Å². The van der Waals surface area contributed by atoms with Crippen molar-refractivity contribution in [3.8, 4) is 17.6 Å². The number of pyridine rings is 1. The minimum absolute atomic E-state index is 0.505. The molecule has 2 aromatic rings. The fraction of sp³-hybridized carbons (Fsp3) is 0.333. The molecule has 0 fully saturated rings. The maximum atomic E-state index is 8.88. The first-order valence-electron chi connectivity index (χ1n) is 7.72. The van der Waals surface area contributed by atoms with Gasteiger partial charge in [-0.05, 0) is 29.3 Å². The van der Waals surface area contributed by atoms with Crippen molar-refractivity contribution in [2.45, 2.75) is 19.5 Å². The third-order valence-corrected chi connectivity index (χ3v) is 3.68. The fourth-order valence-corrected chi connectivity index (χ4v) is 2.62. The Morgan fingerprint density at radius 3 is 2.70 bits per heavy atom. The van der Waals surface area contributed by atoms with Gasteiger partial charge in [-0.1, -0.05) is 12.1 Å².